The van der Waals surface area contributed by atoms with Gasteiger partial charge in [0.15, 0.2) is 0 Å². The van der Waals surface area contributed by atoms with Gasteiger partial charge in [-0.25, -0.2) is 4.79 Å². The number of amides is 2. The van der Waals surface area contributed by atoms with Crippen molar-refractivity contribution < 1.29 is 19.5 Å². The molecule has 0 spiro atoms. The third-order valence-electron chi connectivity index (χ3n) is 6.29. The van der Waals surface area contributed by atoms with E-state index in [0.29, 0.717) is 6.42 Å². The quantitative estimate of drug-likeness (QED) is 0.253. The van der Waals surface area contributed by atoms with Crippen LogP contribution < -0.4 is 10.6 Å². The largest absolute Gasteiger partial charge is 0.478 e. The van der Waals surface area contributed by atoms with Crippen LogP contribution in [-0.4, -0.2) is 60.0 Å². The fourth-order valence-electron chi connectivity index (χ4n) is 3.89. The molecule has 0 bridgehead atoms. The highest BCUT2D eigenvalue weighted by atomic mass is 16.4. The van der Waals surface area contributed by atoms with Crippen LogP contribution in [-0.2, 0) is 14.4 Å². The average Bonchev–Trinajstić information content (AvgIpc) is 3.64. The Bertz CT molecular complexity index is 819. The van der Waals surface area contributed by atoms with E-state index in [-0.39, 0.29) is 29.9 Å². The number of nitrogens with zero attached hydrogens (tertiary/aromatic N) is 1. The molecule has 7 heteroatoms. The van der Waals surface area contributed by atoms with Crippen molar-refractivity contribution in [1.29, 1.82) is 0 Å². The molecule has 0 aromatic heterocycles. The number of nitrogens with one attached hydrogen (secondary N) is 2. The first-order valence-corrected chi connectivity index (χ1v) is 13.1. The number of hydrogen-bond acceptors (Lipinski definition) is 4. The van der Waals surface area contributed by atoms with Crippen LogP contribution >= 0.6 is 0 Å². The van der Waals surface area contributed by atoms with E-state index in [4.69, 9.17) is 5.11 Å². The van der Waals surface area contributed by atoms with Crippen molar-refractivity contribution in [2.75, 3.05) is 20.6 Å². The molecule has 0 saturated heterocycles. The van der Waals surface area contributed by atoms with Gasteiger partial charge in [-0.05, 0) is 64.8 Å². The van der Waals surface area contributed by atoms with Gasteiger partial charge in [0.2, 0.25) is 11.8 Å². The maximum Gasteiger partial charge on any atom is 0.331 e. The number of likely N-dealkylation sites (N-methyl/N-ethyl adjacent to an activating group) is 2. The van der Waals surface area contributed by atoms with Gasteiger partial charge >= 0.3 is 5.97 Å². The number of carbonyl (C=O) groups excluding carboxylic acids is 2. The molecular formula is C29H51N3O4. The Morgan fingerprint density at radius 1 is 1.11 bits per heavy atom. The van der Waals surface area contributed by atoms with E-state index < -0.39 is 23.0 Å². The van der Waals surface area contributed by atoms with Crippen LogP contribution in [0.25, 0.3) is 0 Å². The Morgan fingerprint density at radius 3 is 2.08 bits per heavy atom. The number of rotatable bonds is 12. The normalized spacial score (nSPS) is 17.1. The first-order valence-electron chi connectivity index (χ1n) is 13.1. The number of aliphatic carboxylic acids is 1. The zero-order chi connectivity index (χ0) is 28.1. The third kappa shape index (κ3) is 10.7. The standard InChI is InChI=1S/C26H43N3O4.C3H8/c1-9-10-11-12-18(2)17-26(27-7,20-13-14-20)24(33)28-21(25(4,5)6)22(30)29(8)16-15-19(3)23(31)32;1-3-2/h9-10,12,15,20-21,27H,11,13-14,16-17H2,1-8H3,(H,28,33)(H,31,32);3H2,1-2H3/b10-9-,18-12+,19-15+;. The summed E-state index contributed by atoms with van der Waals surface area (Å²) in [6.07, 6.45) is 12.3. The summed E-state index contributed by atoms with van der Waals surface area (Å²) in [5.74, 6) is -1.20. The summed E-state index contributed by atoms with van der Waals surface area (Å²) in [6.45, 7) is 15.7. The molecule has 36 heavy (non-hydrogen) atoms. The van der Waals surface area contributed by atoms with Crippen molar-refractivity contribution in [3.05, 3.63) is 35.5 Å². The molecule has 1 rings (SSSR count). The number of allylic oxidation sites excluding steroid dienone is 3. The van der Waals surface area contributed by atoms with E-state index in [9.17, 15) is 14.4 Å². The molecule has 0 radical (unpaired) electrons. The highest BCUT2D eigenvalue weighted by Gasteiger charge is 2.51. The number of hydrogen-bond donors (Lipinski definition) is 3. The minimum Gasteiger partial charge on any atom is -0.478 e. The lowest BCUT2D eigenvalue weighted by atomic mass is 9.81. The van der Waals surface area contributed by atoms with Crippen LogP contribution in [0.2, 0.25) is 0 Å². The highest BCUT2D eigenvalue weighted by Crippen LogP contribution is 2.43. The van der Waals surface area contributed by atoms with Gasteiger partial charge < -0.3 is 20.6 Å². The molecule has 0 aromatic rings. The fraction of sp³-hybridized carbons (Fsp3) is 0.690. The minimum absolute atomic E-state index is 0.159. The van der Waals surface area contributed by atoms with Gasteiger partial charge in [-0.3, -0.25) is 9.59 Å². The Hall–Kier alpha value is -2.41. The Labute approximate surface area is 219 Å². The third-order valence-corrected chi connectivity index (χ3v) is 6.29. The van der Waals surface area contributed by atoms with E-state index in [1.165, 1.54) is 24.3 Å². The zero-order valence-corrected chi connectivity index (χ0v) is 24.3. The second-order valence-electron chi connectivity index (χ2n) is 10.9. The average molecular weight is 506 g/mol. The van der Waals surface area contributed by atoms with Gasteiger partial charge in [-0.1, -0.05) is 70.9 Å². The lowest BCUT2D eigenvalue weighted by Gasteiger charge is -2.38. The molecule has 0 aromatic carbocycles. The SMILES string of the molecule is C/C=C\C/C=C(\C)CC(NC)(C(=O)NC(C(=O)N(C)C/C=C(\C)C(=O)O)C(C)(C)C)C1CC1.CCC. The second kappa shape index (κ2) is 15.6. The zero-order valence-electron chi connectivity index (χ0n) is 24.3. The van der Waals surface area contributed by atoms with Crippen LogP contribution in [0.15, 0.2) is 35.5 Å². The molecule has 1 aliphatic rings. The molecule has 1 aliphatic carbocycles. The summed E-state index contributed by atoms with van der Waals surface area (Å²) in [5, 5.41) is 15.4. The maximum atomic E-state index is 13.7. The van der Waals surface area contributed by atoms with Gasteiger partial charge in [0.1, 0.15) is 11.6 Å². The lowest BCUT2D eigenvalue weighted by molar-refractivity contribution is -0.140. The van der Waals surface area contributed by atoms with Crippen molar-refractivity contribution in [3.63, 3.8) is 0 Å². The smallest absolute Gasteiger partial charge is 0.331 e. The van der Waals surface area contributed by atoms with Crippen molar-refractivity contribution in [1.82, 2.24) is 15.5 Å². The van der Waals surface area contributed by atoms with Crippen molar-refractivity contribution in [3.8, 4) is 0 Å². The van der Waals surface area contributed by atoms with Crippen LogP contribution in [0, 0.1) is 11.3 Å². The molecule has 1 fully saturated rings. The van der Waals surface area contributed by atoms with Crippen molar-refractivity contribution in [2.24, 2.45) is 11.3 Å². The summed E-state index contributed by atoms with van der Waals surface area (Å²) >= 11 is 0. The van der Waals surface area contributed by atoms with Gasteiger partial charge in [-0.2, -0.15) is 0 Å². The summed E-state index contributed by atoms with van der Waals surface area (Å²) in [6, 6.07) is -0.743. The van der Waals surface area contributed by atoms with E-state index in [2.05, 4.69) is 36.6 Å². The van der Waals surface area contributed by atoms with Gasteiger partial charge in [0, 0.05) is 19.2 Å². The predicted molar refractivity (Wildman–Crippen MR) is 149 cm³/mol. The summed E-state index contributed by atoms with van der Waals surface area (Å²) in [5.41, 5.74) is 0.0223. The van der Waals surface area contributed by atoms with Crippen LogP contribution in [0.4, 0.5) is 0 Å². The van der Waals surface area contributed by atoms with E-state index in [1.54, 1.807) is 7.05 Å². The lowest BCUT2D eigenvalue weighted by Crippen LogP contribution is -2.63. The molecule has 7 nitrogen and oxygen atoms in total. The molecule has 2 atom stereocenters. The molecule has 0 heterocycles. The molecule has 0 aliphatic heterocycles. The maximum absolute atomic E-state index is 13.7. The number of carbonyl (C=O) groups is 3. The molecule has 2 unspecified atom stereocenters. The molecule has 3 N–H and O–H groups in total. The van der Waals surface area contributed by atoms with Crippen LogP contribution in [0.3, 0.4) is 0 Å². The highest BCUT2D eigenvalue weighted by molar-refractivity contribution is 5.93. The molecular weight excluding hydrogens is 454 g/mol. The molecule has 206 valence electrons. The second-order valence-corrected chi connectivity index (χ2v) is 10.9. The minimum atomic E-state index is -1.02. The summed E-state index contributed by atoms with van der Waals surface area (Å²) in [7, 11) is 3.44. The fourth-order valence-corrected chi connectivity index (χ4v) is 3.89. The molecule has 2 amide bonds. The number of carboxylic acid groups (broad SMARTS) is 1. The van der Waals surface area contributed by atoms with Crippen LogP contribution in [0.5, 0.6) is 0 Å². The first kappa shape index (κ1) is 33.6. The van der Waals surface area contributed by atoms with Gasteiger partial charge in [-0.15, -0.1) is 0 Å². The number of carboxylic acids is 1. The van der Waals surface area contributed by atoms with E-state index >= 15 is 0 Å². The van der Waals surface area contributed by atoms with Gasteiger partial charge in [0.05, 0.1) is 0 Å². The van der Waals surface area contributed by atoms with Crippen LogP contribution in [0.1, 0.15) is 87.5 Å². The Morgan fingerprint density at radius 2 is 1.67 bits per heavy atom. The molecule has 1 saturated carbocycles. The summed E-state index contributed by atoms with van der Waals surface area (Å²) < 4.78 is 0. The summed E-state index contributed by atoms with van der Waals surface area (Å²) in [4.78, 5) is 39.5. The van der Waals surface area contributed by atoms with Gasteiger partial charge in [0.25, 0.3) is 0 Å². The van der Waals surface area contributed by atoms with Crippen molar-refractivity contribution >= 4 is 17.8 Å². The van der Waals surface area contributed by atoms with E-state index in [1.807, 2.05) is 47.7 Å². The first-order chi connectivity index (χ1) is 16.7. The predicted octanol–water partition coefficient (Wildman–Crippen LogP) is 5.09. The Balaban J connectivity index is 0.00000387. The monoisotopic (exact) mass is 505 g/mol. The topological polar surface area (TPSA) is 98.7 Å². The van der Waals surface area contributed by atoms with Crippen molar-refractivity contribution in [2.45, 2.75) is 99.1 Å². The Kier molecular flexibility index (Phi) is 14.6. The van der Waals surface area contributed by atoms with E-state index in [0.717, 1.165) is 24.8 Å².